The molecule has 1 heterocycles. The Morgan fingerprint density at radius 3 is 2.12 bits per heavy atom. The lowest BCUT2D eigenvalue weighted by Gasteiger charge is -2.31. The molecular formula is C11H7Cl2F3O. The molecule has 0 N–H and O–H groups in total. The topological polar surface area (TPSA) is 9.23 Å². The molecule has 0 radical (unpaired) electrons. The summed E-state index contributed by atoms with van der Waals surface area (Å²) in [4.78, 5) is 0. The Morgan fingerprint density at radius 1 is 1.12 bits per heavy atom. The third kappa shape index (κ3) is 2.11. The van der Waals surface area contributed by atoms with E-state index in [2.05, 4.69) is 0 Å². The van der Waals surface area contributed by atoms with Crippen LogP contribution in [0.1, 0.15) is 12.0 Å². The molecule has 0 saturated heterocycles. The second kappa shape index (κ2) is 4.10. The van der Waals surface area contributed by atoms with Gasteiger partial charge in [-0.1, -0.05) is 23.2 Å². The molecule has 1 unspecified atom stereocenters. The van der Waals surface area contributed by atoms with Crippen molar-refractivity contribution >= 4 is 23.2 Å². The molecule has 92 valence electrons. The van der Waals surface area contributed by atoms with E-state index in [1.165, 1.54) is 24.3 Å². The minimum absolute atomic E-state index is 0.0903. The van der Waals surface area contributed by atoms with Crippen molar-refractivity contribution in [2.45, 2.75) is 18.2 Å². The number of hydrogen-bond acceptors (Lipinski definition) is 1. The van der Waals surface area contributed by atoms with Gasteiger partial charge in [-0.25, -0.2) is 0 Å². The van der Waals surface area contributed by atoms with E-state index < -0.39 is 11.8 Å². The summed E-state index contributed by atoms with van der Waals surface area (Å²) in [6.07, 6.45) is -2.46. The van der Waals surface area contributed by atoms with E-state index in [0.717, 1.165) is 6.26 Å². The predicted molar refractivity (Wildman–Crippen MR) is 59.0 cm³/mol. The van der Waals surface area contributed by atoms with Gasteiger partial charge >= 0.3 is 6.18 Å². The van der Waals surface area contributed by atoms with E-state index in [0.29, 0.717) is 0 Å². The van der Waals surface area contributed by atoms with Crippen LogP contribution in [0.4, 0.5) is 13.2 Å². The molecule has 1 nitrogen and oxygen atoms in total. The summed E-state index contributed by atoms with van der Waals surface area (Å²) in [5, 5.41) is 0.290. The summed E-state index contributed by atoms with van der Waals surface area (Å²) < 4.78 is 44.1. The van der Waals surface area contributed by atoms with Crippen molar-refractivity contribution in [2.75, 3.05) is 0 Å². The maximum atomic E-state index is 13.1. The van der Waals surface area contributed by atoms with Gasteiger partial charge in [-0.05, 0) is 24.3 Å². The van der Waals surface area contributed by atoms with Gasteiger partial charge in [0.25, 0.3) is 0 Å². The first-order chi connectivity index (χ1) is 7.85. The fourth-order valence-electron chi connectivity index (χ4n) is 1.75. The predicted octanol–water partition coefficient (Wildman–Crippen LogP) is 4.69. The van der Waals surface area contributed by atoms with E-state index >= 15 is 0 Å². The molecule has 2 rings (SSSR count). The van der Waals surface area contributed by atoms with E-state index in [9.17, 15) is 13.2 Å². The third-order valence-electron chi connectivity index (χ3n) is 2.56. The van der Waals surface area contributed by atoms with Crippen LogP contribution >= 0.6 is 23.2 Å². The van der Waals surface area contributed by atoms with Gasteiger partial charge in [0.1, 0.15) is 0 Å². The Morgan fingerprint density at radius 2 is 1.71 bits per heavy atom. The highest BCUT2D eigenvalue weighted by Crippen LogP contribution is 2.48. The molecule has 1 atom stereocenters. The van der Waals surface area contributed by atoms with Crippen molar-refractivity contribution in [2.24, 2.45) is 0 Å². The van der Waals surface area contributed by atoms with Crippen molar-refractivity contribution in [1.82, 2.24) is 0 Å². The summed E-state index contributed by atoms with van der Waals surface area (Å²) in [7, 11) is 0. The van der Waals surface area contributed by atoms with Crippen LogP contribution in [0.15, 0.2) is 30.5 Å². The molecule has 0 amide bonds. The minimum atomic E-state index is -4.54. The summed E-state index contributed by atoms with van der Waals surface area (Å²) in [6, 6.07) is 3.81. The largest absolute Gasteiger partial charge is 0.481 e. The van der Waals surface area contributed by atoms with Gasteiger partial charge in [-0.15, -0.1) is 0 Å². The summed E-state index contributed by atoms with van der Waals surface area (Å²) in [5.74, 6) is 0. The molecule has 1 aliphatic heterocycles. The third-order valence-corrected chi connectivity index (χ3v) is 2.99. The normalized spacial score (nSPS) is 23.8. The molecule has 0 spiro atoms. The van der Waals surface area contributed by atoms with Gasteiger partial charge in [0, 0.05) is 22.0 Å². The number of hydrogen-bond donors (Lipinski definition) is 0. The van der Waals surface area contributed by atoms with E-state index in [1.54, 1.807) is 0 Å². The van der Waals surface area contributed by atoms with Crippen molar-refractivity contribution in [1.29, 1.82) is 0 Å². The highest BCUT2D eigenvalue weighted by molar-refractivity contribution is 6.34. The first-order valence-electron chi connectivity index (χ1n) is 4.71. The quantitative estimate of drug-likeness (QED) is 0.726. The molecule has 0 saturated carbocycles. The van der Waals surface area contributed by atoms with Crippen LogP contribution in [-0.4, -0.2) is 6.18 Å². The summed E-state index contributed by atoms with van der Waals surface area (Å²) in [5.41, 5.74) is -2.46. The van der Waals surface area contributed by atoms with Crippen molar-refractivity contribution in [3.05, 3.63) is 46.1 Å². The highest BCUT2D eigenvalue weighted by atomic mass is 35.5. The standard InChI is InChI=1S/C11H7Cl2F3O/c12-8-4-7(5-9(13)6-8)10(11(14,15)16)2-1-3-17-10/h1,3-6H,2H2. The number of alkyl halides is 3. The Bertz CT molecular complexity index is 440. The van der Waals surface area contributed by atoms with E-state index in [4.69, 9.17) is 27.9 Å². The number of ether oxygens (including phenoxy) is 1. The zero-order valence-electron chi connectivity index (χ0n) is 8.39. The lowest BCUT2D eigenvalue weighted by atomic mass is 9.90. The smallest absolute Gasteiger partial charge is 0.432 e. The number of benzene rings is 1. The fraction of sp³-hybridized carbons (Fsp3) is 0.273. The fourth-order valence-corrected chi connectivity index (χ4v) is 2.27. The Labute approximate surface area is 106 Å². The van der Waals surface area contributed by atoms with Crippen LogP contribution in [0.3, 0.4) is 0 Å². The Balaban J connectivity index is 2.54. The molecular weight excluding hydrogens is 276 g/mol. The average molecular weight is 283 g/mol. The maximum Gasteiger partial charge on any atom is 0.432 e. The van der Waals surface area contributed by atoms with Gasteiger partial charge < -0.3 is 4.74 Å². The molecule has 1 aliphatic rings. The van der Waals surface area contributed by atoms with Crippen LogP contribution in [0.2, 0.25) is 10.0 Å². The van der Waals surface area contributed by atoms with Crippen molar-refractivity contribution in [3.63, 3.8) is 0 Å². The minimum Gasteiger partial charge on any atom is -0.481 e. The van der Waals surface area contributed by atoms with Gasteiger partial charge in [-0.3, -0.25) is 0 Å². The Kier molecular flexibility index (Phi) is 3.04. The molecule has 6 heteroatoms. The maximum absolute atomic E-state index is 13.1. The molecule has 0 bridgehead atoms. The van der Waals surface area contributed by atoms with Crippen LogP contribution < -0.4 is 0 Å². The summed E-state index contributed by atoms with van der Waals surface area (Å²) >= 11 is 11.4. The first kappa shape index (κ1) is 12.6. The monoisotopic (exact) mass is 282 g/mol. The van der Waals surface area contributed by atoms with Gasteiger partial charge in [0.05, 0.1) is 6.26 Å². The van der Waals surface area contributed by atoms with Crippen LogP contribution in [0.25, 0.3) is 0 Å². The van der Waals surface area contributed by atoms with E-state index in [-0.39, 0.29) is 22.0 Å². The second-order valence-corrected chi connectivity index (χ2v) is 4.55. The van der Waals surface area contributed by atoms with Crippen LogP contribution in [0, 0.1) is 0 Å². The van der Waals surface area contributed by atoms with Gasteiger partial charge in [0.2, 0.25) is 5.60 Å². The zero-order chi connectivity index (χ0) is 12.7. The van der Waals surface area contributed by atoms with Crippen molar-refractivity contribution < 1.29 is 17.9 Å². The summed E-state index contributed by atoms with van der Waals surface area (Å²) in [6.45, 7) is 0. The van der Waals surface area contributed by atoms with E-state index in [1.807, 2.05) is 0 Å². The van der Waals surface area contributed by atoms with Gasteiger partial charge in [-0.2, -0.15) is 13.2 Å². The number of rotatable bonds is 1. The molecule has 17 heavy (non-hydrogen) atoms. The Hall–Kier alpha value is -0.870. The zero-order valence-corrected chi connectivity index (χ0v) is 9.90. The lowest BCUT2D eigenvalue weighted by molar-refractivity contribution is -0.261. The molecule has 0 aliphatic carbocycles. The first-order valence-corrected chi connectivity index (χ1v) is 5.47. The molecule has 1 aromatic rings. The number of halogens is 5. The van der Waals surface area contributed by atoms with Gasteiger partial charge in [0.15, 0.2) is 0 Å². The average Bonchev–Trinajstić information content (AvgIpc) is 2.64. The SMILES string of the molecule is FC(F)(F)C1(c2cc(Cl)cc(Cl)c2)CC=CO1. The molecule has 1 aromatic carbocycles. The van der Waals surface area contributed by atoms with Crippen molar-refractivity contribution in [3.8, 4) is 0 Å². The second-order valence-electron chi connectivity index (χ2n) is 3.68. The van der Waals surface area contributed by atoms with Crippen LogP contribution in [0.5, 0.6) is 0 Å². The molecule has 0 aromatic heterocycles. The highest BCUT2D eigenvalue weighted by Gasteiger charge is 2.59. The molecule has 0 fully saturated rings. The van der Waals surface area contributed by atoms with Crippen LogP contribution in [-0.2, 0) is 10.3 Å². The lowest BCUT2D eigenvalue weighted by Crippen LogP contribution is -2.41.